The lowest BCUT2D eigenvalue weighted by Crippen LogP contribution is -2.30. The van der Waals surface area contributed by atoms with Gasteiger partial charge >= 0.3 is 0 Å². The van der Waals surface area contributed by atoms with E-state index in [9.17, 15) is 0 Å². The fourth-order valence-corrected chi connectivity index (χ4v) is 3.48. The molecular weight excluding hydrogens is 414 g/mol. The fourth-order valence-electron chi connectivity index (χ4n) is 3.48. The quantitative estimate of drug-likeness (QED) is 0.434. The molecule has 1 aromatic heterocycles. The lowest BCUT2D eigenvalue weighted by atomic mass is 10.1. The van der Waals surface area contributed by atoms with Crippen LogP contribution in [0.1, 0.15) is 23.1 Å². The van der Waals surface area contributed by atoms with Crippen LogP contribution in [-0.4, -0.2) is 38.3 Å². The second-order valence-electron chi connectivity index (χ2n) is 8.20. The van der Waals surface area contributed by atoms with Gasteiger partial charge in [-0.1, -0.05) is 24.3 Å². The Labute approximate surface area is 195 Å². The summed E-state index contributed by atoms with van der Waals surface area (Å²) in [5.41, 5.74) is 4.44. The van der Waals surface area contributed by atoms with E-state index in [0.29, 0.717) is 32.3 Å². The van der Waals surface area contributed by atoms with Crippen LogP contribution in [0.25, 0.3) is 0 Å². The van der Waals surface area contributed by atoms with Gasteiger partial charge in [0, 0.05) is 45.0 Å². The average Bonchev–Trinajstić information content (AvgIpc) is 3.07. The van der Waals surface area contributed by atoms with Gasteiger partial charge in [-0.2, -0.15) is 0 Å². The molecule has 33 heavy (non-hydrogen) atoms. The van der Waals surface area contributed by atoms with Gasteiger partial charge < -0.3 is 25.0 Å². The van der Waals surface area contributed by atoms with Crippen LogP contribution < -0.4 is 25.0 Å². The first-order chi connectivity index (χ1) is 16.1. The Balaban J connectivity index is 1.54. The van der Waals surface area contributed by atoms with Crippen LogP contribution in [0.3, 0.4) is 0 Å². The monoisotopic (exact) mass is 445 g/mol. The molecule has 0 radical (unpaired) electrons. The lowest BCUT2D eigenvalue weighted by molar-refractivity contribution is 0.297. The molecule has 0 unspecified atom stereocenters. The summed E-state index contributed by atoms with van der Waals surface area (Å²) in [5, 5.41) is 6.89. The topological polar surface area (TPSA) is 71.0 Å². The Kier molecular flexibility index (Phi) is 7.29. The van der Waals surface area contributed by atoms with Gasteiger partial charge in [0.2, 0.25) is 0 Å². The summed E-state index contributed by atoms with van der Waals surface area (Å²) in [5.74, 6) is 3.13. The fraction of sp³-hybridized carbons (Fsp3) is 0.308. The summed E-state index contributed by atoms with van der Waals surface area (Å²) in [6.07, 6.45) is 2.70. The maximum atomic E-state index is 5.84. The minimum atomic E-state index is 0.525. The zero-order valence-corrected chi connectivity index (χ0v) is 19.5. The number of hydrogen-bond donors (Lipinski definition) is 2. The molecule has 0 saturated carbocycles. The largest absolute Gasteiger partial charge is 0.490 e. The molecule has 7 heteroatoms. The zero-order chi connectivity index (χ0) is 23.0. The highest BCUT2D eigenvalue weighted by Crippen LogP contribution is 2.32. The number of aryl methyl sites for hydroxylation is 1. The van der Waals surface area contributed by atoms with Gasteiger partial charge in [0.15, 0.2) is 17.5 Å². The molecule has 3 aromatic rings. The molecule has 2 N–H and O–H groups in total. The van der Waals surface area contributed by atoms with Gasteiger partial charge in [-0.15, -0.1) is 0 Å². The zero-order valence-electron chi connectivity index (χ0n) is 19.5. The third kappa shape index (κ3) is 6.16. The maximum absolute atomic E-state index is 5.84. The van der Waals surface area contributed by atoms with Gasteiger partial charge in [0.1, 0.15) is 5.82 Å². The van der Waals surface area contributed by atoms with Crippen LogP contribution in [0.5, 0.6) is 11.5 Å². The summed E-state index contributed by atoms with van der Waals surface area (Å²) >= 11 is 0. The number of guanidine groups is 1. The van der Waals surface area contributed by atoms with E-state index in [4.69, 9.17) is 14.5 Å². The van der Waals surface area contributed by atoms with Crippen LogP contribution in [0.4, 0.5) is 11.5 Å². The van der Waals surface area contributed by atoms with Crippen LogP contribution >= 0.6 is 0 Å². The van der Waals surface area contributed by atoms with E-state index in [0.717, 1.165) is 35.0 Å². The standard InChI is InChI=1S/C26H31N5O2/c1-19-7-4-5-8-21(19)18-29-26(28-17-20-11-12-27-25(15-20)31(2)3)30-22-9-10-23-24(16-22)33-14-6-13-32-23/h4-5,7-12,15-16H,6,13-14,17-18H2,1-3H3,(H2,28,29,30). The minimum Gasteiger partial charge on any atom is -0.490 e. The second-order valence-corrected chi connectivity index (χ2v) is 8.20. The van der Waals surface area contributed by atoms with Crippen molar-refractivity contribution in [1.29, 1.82) is 0 Å². The number of ether oxygens (including phenoxy) is 2. The number of aromatic nitrogens is 1. The van der Waals surface area contributed by atoms with Crippen molar-refractivity contribution >= 4 is 17.5 Å². The Hall–Kier alpha value is -3.74. The molecule has 0 amide bonds. The Morgan fingerprint density at radius 3 is 2.67 bits per heavy atom. The van der Waals surface area contributed by atoms with Gasteiger partial charge in [-0.3, -0.25) is 0 Å². The Morgan fingerprint density at radius 1 is 1.03 bits per heavy atom. The number of nitrogens with one attached hydrogen (secondary N) is 2. The molecular formula is C26H31N5O2. The van der Waals surface area contributed by atoms with E-state index in [1.807, 2.05) is 49.5 Å². The molecule has 0 saturated heterocycles. The van der Waals surface area contributed by atoms with E-state index >= 15 is 0 Å². The molecule has 2 heterocycles. The Morgan fingerprint density at radius 2 is 1.85 bits per heavy atom. The van der Waals surface area contributed by atoms with E-state index in [1.165, 1.54) is 11.1 Å². The summed E-state index contributed by atoms with van der Waals surface area (Å²) in [6.45, 7) is 4.63. The number of pyridine rings is 1. The second kappa shape index (κ2) is 10.7. The van der Waals surface area contributed by atoms with Crippen molar-refractivity contribution in [2.24, 2.45) is 4.99 Å². The predicted octanol–water partition coefficient (Wildman–Crippen LogP) is 4.38. The molecule has 172 valence electrons. The van der Waals surface area contributed by atoms with Crippen molar-refractivity contribution in [3.63, 3.8) is 0 Å². The van der Waals surface area contributed by atoms with Crippen LogP contribution in [0.2, 0.25) is 0 Å². The SMILES string of the molecule is Cc1ccccc1CNC(=NCc1ccnc(N(C)C)c1)Nc1ccc2c(c1)OCCCO2. The van der Waals surface area contributed by atoms with Crippen molar-refractivity contribution in [3.8, 4) is 11.5 Å². The Bertz CT molecular complexity index is 1110. The molecule has 0 aliphatic carbocycles. The molecule has 0 atom stereocenters. The van der Waals surface area contributed by atoms with Crippen molar-refractivity contribution in [2.75, 3.05) is 37.5 Å². The number of fused-ring (bicyclic) bond motifs is 1. The average molecular weight is 446 g/mol. The molecule has 0 fully saturated rings. The van der Waals surface area contributed by atoms with Gasteiger partial charge in [-0.25, -0.2) is 9.98 Å². The van der Waals surface area contributed by atoms with Gasteiger partial charge in [0.25, 0.3) is 0 Å². The van der Waals surface area contributed by atoms with Crippen LogP contribution in [0.15, 0.2) is 65.8 Å². The number of benzene rings is 2. The highest BCUT2D eigenvalue weighted by molar-refractivity contribution is 5.94. The molecule has 7 nitrogen and oxygen atoms in total. The molecule has 4 rings (SSSR count). The number of rotatable bonds is 6. The number of hydrogen-bond acceptors (Lipinski definition) is 5. The lowest BCUT2D eigenvalue weighted by Gasteiger charge is -2.16. The van der Waals surface area contributed by atoms with Crippen molar-refractivity contribution in [2.45, 2.75) is 26.4 Å². The summed E-state index contributed by atoms with van der Waals surface area (Å²) in [7, 11) is 3.96. The first-order valence-electron chi connectivity index (χ1n) is 11.2. The molecule has 1 aliphatic rings. The molecule has 0 spiro atoms. The summed E-state index contributed by atoms with van der Waals surface area (Å²) < 4.78 is 11.6. The van der Waals surface area contributed by atoms with Crippen LogP contribution in [-0.2, 0) is 13.1 Å². The third-order valence-electron chi connectivity index (χ3n) is 5.41. The normalized spacial score (nSPS) is 13.2. The third-order valence-corrected chi connectivity index (χ3v) is 5.41. The van der Waals surface area contributed by atoms with Crippen molar-refractivity contribution < 1.29 is 9.47 Å². The predicted molar refractivity (Wildman–Crippen MR) is 133 cm³/mol. The van der Waals surface area contributed by atoms with Crippen molar-refractivity contribution in [3.05, 3.63) is 77.5 Å². The number of aliphatic imine (C=N–C) groups is 1. The van der Waals surface area contributed by atoms with Crippen LogP contribution in [0, 0.1) is 6.92 Å². The van der Waals surface area contributed by atoms with E-state index in [1.54, 1.807) is 0 Å². The highest BCUT2D eigenvalue weighted by Gasteiger charge is 2.12. The summed E-state index contributed by atoms with van der Waals surface area (Å²) in [4.78, 5) is 11.2. The van der Waals surface area contributed by atoms with Gasteiger partial charge in [-0.05, 0) is 47.9 Å². The summed E-state index contributed by atoms with van der Waals surface area (Å²) in [6, 6.07) is 18.3. The molecule has 2 aromatic carbocycles. The smallest absolute Gasteiger partial charge is 0.196 e. The van der Waals surface area contributed by atoms with Crippen molar-refractivity contribution in [1.82, 2.24) is 10.3 Å². The number of nitrogens with zero attached hydrogens (tertiary/aromatic N) is 3. The van der Waals surface area contributed by atoms with E-state index in [2.05, 4.69) is 52.9 Å². The number of anilines is 2. The first kappa shape index (κ1) is 22.5. The molecule has 1 aliphatic heterocycles. The molecule has 0 bridgehead atoms. The minimum absolute atomic E-state index is 0.525. The van der Waals surface area contributed by atoms with Gasteiger partial charge in [0.05, 0.1) is 19.8 Å². The highest BCUT2D eigenvalue weighted by atomic mass is 16.5. The van der Waals surface area contributed by atoms with E-state index < -0.39 is 0 Å². The van der Waals surface area contributed by atoms with E-state index in [-0.39, 0.29) is 0 Å². The maximum Gasteiger partial charge on any atom is 0.196 e. The first-order valence-corrected chi connectivity index (χ1v) is 11.2.